The van der Waals surface area contributed by atoms with Gasteiger partial charge in [-0.15, -0.1) is 0 Å². The van der Waals surface area contributed by atoms with E-state index in [9.17, 15) is 0 Å². The molecule has 0 atom stereocenters. The highest BCUT2D eigenvalue weighted by atomic mass is 15.1. The molecule has 0 aliphatic heterocycles. The van der Waals surface area contributed by atoms with Crippen LogP contribution in [0.2, 0.25) is 0 Å². The number of benzene rings is 10. The molecule has 0 saturated heterocycles. The molecule has 10 rings (SSSR count). The Bertz CT molecular complexity index is 3000. The first-order chi connectivity index (χ1) is 27.2. The highest BCUT2D eigenvalue weighted by Gasteiger charge is 2.21. The van der Waals surface area contributed by atoms with Crippen LogP contribution in [0.25, 0.3) is 54.2 Å². The minimum atomic E-state index is 1.12. The zero-order chi connectivity index (χ0) is 36.7. The van der Waals surface area contributed by atoms with Crippen molar-refractivity contribution in [3.8, 4) is 11.1 Å². The van der Waals surface area contributed by atoms with E-state index in [1.165, 1.54) is 59.8 Å². The van der Waals surface area contributed by atoms with E-state index in [1.807, 2.05) is 0 Å². The fourth-order valence-electron chi connectivity index (χ4n) is 8.20. The third-order valence-electron chi connectivity index (χ3n) is 10.8. The van der Waals surface area contributed by atoms with Crippen molar-refractivity contribution in [1.29, 1.82) is 0 Å². The van der Waals surface area contributed by atoms with Crippen molar-refractivity contribution < 1.29 is 0 Å². The molecule has 0 aliphatic rings. The molecule has 0 N–H and O–H groups in total. The number of para-hydroxylation sites is 1. The van der Waals surface area contributed by atoms with Crippen molar-refractivity contribution in [3.05, 3.63) is 218 Å². The number of rotatable bonds is 7. The van der Waals surface area contributed by atoms with Gasteiger partial charge in [0.15, 0.2) is 0 Å². The first-order valence-corrected chi connectivity index (χ1v) is 18.9. The Morgan fingerprint density at radius 2 is 0.836 bits per heavy atom. The molecule has 10 aromatic rings. The Morgan fingerprint density at radius 1 is 0.291 bits per heavy atom. The van der Waals surface area contributed by atoms with E-state index in [0.29, 0.717) is 0 Å². The topological polar surface area (TPSA) is 6.48 Å². The van der Waals surface area contributed by atoms with Crippen LogP contribution in [-0.2, 0) is 0 Å². The highest BCUT2D eigenvalue weighted by molar-refractivity contribution is 6.10. The summed E-state index contributed by atoms with van der Waals surface area (Å²) in [7, 11) is 0. The third-order valence-corrected chi connectivity index (χ3v) is 10.8. The van der Waals surface area contributed by atoms with E-state index < -0.39 is 0 Å². The third kappa shape index (κ3) is 5.85. The number of anilines is 6. The lowest BCUT2D eigenvalue weighted by Gasteiger charge is -2.29. The zero-order valence-corrected chi connectivity index (χ0v) is 30.6. The van der Waals surface area contributed by atoms with Gasteiger partial charge < -0.3 is 9.80 Å². The standard InChI is InChI=1S/C53H38N2/c1-37-28-31-44(32-29-37)55(51-26-11-18-39-15-7-9-21-47(39)51)53-36-42(34-41-17-8-10-22-48(41)53)46-23-12-25-50-49(46)24-13-27-52(50)54(43-19-3-2-4-20-43)45-33-30-38-14-5-6-16-40(38)35-45/h2-36H,1H3. The van der Waals surface area contributed by atoms with E-state index in [4.69, 9.17) is 0 Å². The summed E-state index contributed by atoms with van der Waals surface area (Å²) in [6.07, 6.45) is 0. The van der Waals surface area contributed by atoms with Crippen molar-refractivity contribution in [2.45, 2.75) is 6.92 Å². The first kappa shape index (κ1) is 32.5. The monoisotopic (exact) mass is 702 g/mol. The Balaban J connectivity index is 1.20. The van der Waals surface area contributed by atoms with Crippen LogP contribution in [0.15, 0.2) is 212 Å². The molecule has 2 heteroatoms. The van der Waals surface area contributed by atoms with Crippen molar-refractivity contribution in [2.75, 3.05) is 9.80 Å². The lowest BCUT2D eigenvalue weighted by Crippen LogP contribution is -2.11. The number of hydrogen-bond donors (Lipinski definition) is 0. The molecule has 10 aromatic carbocycles. The molecule has 0 spiro atoms. The average molecular weight is 703 g/mol. The summed E-state index contributed by atoms with van der Waals surface area (Å²) in [6.45, 7) is 2.15. The summed E-state index contributed by atoms with van der Waals surface area (Å²) >= 11 is 0. The van der Waals surface area contributed by atoms with Crippen LogP contribution in [0, 0.1) is 6.92 Å². The summed E-state index contributed by atoms with van der Waals surface area (Å²) < 4.78 is 0. The van der Waals surface area contributed by atoms with Gasteiger partial charge >= 0.3 is 0 Å². The van der Waals surface area contributed by atoms with Gasteiger partial charge in [-0.1, -0.05) is 157 Å². The van der Waals surface area contributed by atoms with Crippen LogP contribution in [0.3, 0.4) is 0 Å². The Hall–Kier alpha value is -7.16. The van der Waals surface area contributed by atoms with Crippen LogP contribution in [0.1, 0.15) is 5.56 Å². The quantitative estimate of drug-likeness (QED) is 0.163. The minimum Gasteiger partial charge on any atom is -0.310 e. The summed E-state index contributed by atoms with van der Waals surface area (Å²) in [6, 6.07) is 77.3. The molecular weight excluding hydrogens is 665 g/mol. The highest BCUT2D eigenvalue weighted by Crippen LogP contribution is 2.46. The second-order valence-electron chi connectivity index (χ2n) is 14.3. The summed E-state index contributed by atoms with van der Waals surface area (Å²) in [5.74, 6) is 0. The molecule has 0 amide bonds. The number of aryl methyl sites for hydroxylation is 1. The summed E-state index contributed by atoms with van der Waals surface area (Å²) in [5.41, 5.74) is 10.4. The number of nitrogens with zero attached hydrogens (tertiary/aromatic N) is 2. The predicted octanol–water partition coefficient (Wildman–Crippen LogP) is 15.2. The fraction of sp³-hybridized carbons (Fsp3) is 0.0189. The predicted molar refractivity (Wildman–Crippen MR) is 236 cm³/mol. The Kier molecular flexibility index (Phi) is 8.08. The molecule has 0 bridgehead atoms. The van der Waals surface area contributed by atoms with Gasteiger partial charge in [-0.05, 0) is 106 Å². The minimum absolute atomic E-state index is 1.12. The van der Waals surface area contributed by atoms with E-state index in [1.54, 1.807) is 0 Å². The SMILES string of the molecule is Cc1ccc(N(c2cccc3ccccc23)c2cc(-c3cccc4c(N(c5ccccc5)c5ccc6ccccc6c5)cccc34)cc3ccccc23)cc1. The molecule has 0 radical (unpaired) electrons. The Morgan fingerprint density at radius 3 is 1.64 bits per heavy atom. The van der Waals surface area contributed by atoms with E-state index in [0.717, 1.165) is 34.1 Å². The van der Waals surface area contributed by atoms with Crippen LogP contribution < -0.4 is 9.80 Å². The van der Waals surface area contributed by atoms with Crippen molar-refractivity contribution >= 4 is 77.2 Å². The molecule has 0 unspecified atom stereocenters. The summed E-state index contributed by atoms with van der Waals surface area (Å²) in [5, 5.41) is 9.67. The molecular formula is C53H38N2. The lowest BCUT2D eigenvalue weighted by atomic mass is 9.93. The average Bonchev–Trinajstić information content (AvgIpc) is 3.25. The zero-order valence-electron chi connectivity index (χ0n) is 30.6. The lowest BCUT2D eigenvalue weighted by molar-refractivity contribution is 1.30. The van der Waals surface area contributed by atoms with Crippen LogP contribution in [0.5, 0.6) is 0 Å². The van der Waals surface area contributed by atoms with Crippen molar-refractivity contribution in [2.24, 2.45) is 0 Å². The van der Waals surface area contributed by atoms with Gasteiger partial charge in [0.2, 0.25) is 0 Å². The van der Waals surface area contributed by atoms with Crippen LogP contribution in [-0.4, -0.2) is 0 Å². The van der Waals surface area contributed by atoms with Crippen molar-refractivity contribution in [1.82, 2.24) is 0 Å². The maximum Gasteiger partial charge on any atom is 0.0546 e. The van der Waals surface area contributed by atoms with E-state index in [2.05, 4.69) is 229 Å². The maximum atomic E-state index is 2.45. The molecule has 55 heavy (non-hydrogen) atoms. The number of hydrogen-bond acceptors (Lipinski definition) is 2. The van der Waals surface area contributed by atoms with Crippen LogP contribution >= 0.6 is 0 Å². The van der Waals surface area contributed by atoms with Gasteiger partial charge in [-0.3, -0.25) is 0 Å². The van der Waals surface area contributed by atoms with Gasteiger partial charge in [0.05, 0.1) is 17.1 Å². The largest absolute Gasteiger partial charge is 0.310 e. The van der Waals surface area contributed by atoms with Gasteiger partial charge in [-0.25, -0.2) is 0 Å². The molecule has 0 saturated carbocycles. The smallest absolute Gasteiger partial charge is 0.0546 e. The van der Waals surface area contributed by atoms with Crippen molar-refractivity contribution in [3.63, 3.8) is 0 Å². The van der Waals surface area contributed by atoms with Gasteiger partial charge in [-0.2, -0.15) is 0 Å². The maximum absolute atomic E-state index is 2.45. The summed E-state index contributed by atoms with van der Waals surface area (Å²) in [4.78, 5) is 4.84. The molecule has 0 aromatic heterocycles. The number of fused-ring (bicyclic) bond motifs is 4. The second-order valence-corrected chi connectivity index (χ2v) is 14.3. The molecule has 260 valence electrons. The fourth-order valence-corrected chi connectivity index (χ4v) is 8.20. The molecule has 0 fully saturated rings. The molecule has 2 nitrogen and oxygen atoms in total. The van der Waals surface area contributed by atoms with Crippen LogP contribution in [0.4, 0.5) is 34.1 Å². The van der Waals surface area contributed by atoms with Gasteiger partial charge in [0, 0.05) is 33.2 Å². The molecule has 0 aliphatic carbocycles. The second kappa shape index (κ2) is 13.7. The Labute approximate surface area is 321 Å². The first-order valence-electron chi connectivity index (χ1n) is 18.9. The van der Waals surface area contributed by atoms with Gasteiger partial charge in [0.1, 0.15) is 0 Å². The van der Waals surface area contributed by atoms with Gasteiger partial charge in [0.25, 0.3) is 0 Å². The van der Waals surface area contributed by atoms with E-state index >= 15 is 0 Å². The van der Waals surface area contributed by atoms with E-state index in [-0.39, 0.29) is 0 Å². The normalized spacial score (nSPS) is 11.4. The molecule has 0 heterocycles.